The first-order valence-corrected chi connectivity index (χ1v) is 13.8. The number of hydrogen-bond acceptors (Lipinski definition) is 1. The van der Waals surface area contributed by atoms with Crippen LogP contribution in [-0.2, 0) is 4.79 Å². The maximum atomic E-state index is 12.8. The molecule has 2 heteroatoms. The molecule has 0 saturated heterocycles. The van der Waals surface area contributed by atoms with E-state index in [0.29, 0.717) is 28.1 Å². The summed E-state index contributed by atoms with van der Waals surface area (Å²) in [6, 6.07) is 0. The molecule has 0 spiro atoms. The van der Waals surface area contributed by atoms with Crippen molar-refractivity contribution in [1.82, 2.24) is 0 Å². The molecule has 0 aromatic rings. The zero-order chi connectivity index (χ0) is 23.3. The van der Waals surface area contributed by atoms with Gasteiger partial charge in [0.25, 0.3) is 0 Å². The van der Waals surface area contributed by atoms with Gasteiger partial charge in [0.05, 0.1) is 5.41 Å². The lowest BCUT2D eigenvalue weighted by Crippen LogP contribution is -2.64. The highest BCUT2D eigenvalue weighted by Crippen LogP contribution is 2.75. The number of fused-ring (bicyclic) bond motifs is 7. The molecule has 5 aliphatic rings. The first kappa shape index (κ1) is 23.0. The van der Waals surface area contributed by atoms with Crippen molar-refractivity contribution in [3.05, 3.63) is 11.6 Å². The van der Waals surface area contributed by atoms with E-state index in [2.05, 4.69) is 54.5 Å². The van der Waals surface area contributed by atoms with E-state index >= 15 is 0 Å². The molecule has 9 atom stereocenters. The first-order chi connectivity index (χ1) is 14.8. The molecule has 0 heterocycles. The fourth-order valence-corrected chi connectivity index (χ4v) is 11.0. The van der Waals surface area contributed by atoms with Crippen molar-refractivity contribution in [3.63, 3.8) is 0 Å². The number of carbonyl (C=O) groups is 1. The number of aliphatic carboxylic acids is 1. The van der Waals surface area contributed by atoms with Gasteiger partial charge < -0.3 is 5.11 Å². The smallest absolute Gasteiger partial charge is 0.310 e. The van der Waals surface area contributed by atoms with Crippen LogP contribution in [0, 0.1) is 56.7 Å². The van der Waals surface area contributed by atoms with Crippen LogP contribution in [0.2, 0.25) is 0 Å². The lowest BCUT2D eigenvalue weighted by Gasteiger charge is -2.71. The second-order valence-corrected chi connectivity index (χ2v) is 14.5. The Morgan fingerprint density at radius 3 is 2.31 bits per heavy atom. The molecule has 0 amide bonds. The van der Waals surface area contributed by atoms with E-state index in [9.17, 15) is 9.90 Å². The molecule has 4 saturated carbocycles. The van der Waals surface area contributed by atoms with E-state index in [-0.39, 0.29) is 11.3 Å². The van der Waals surface area contributed by atoms with Crippen molar-refractivity contribution in [1.29, 1.82) is 0 Å². The Morgan fingerprint density at radius 2 is 1.62 bits per heavy atom. The molecule has 1 N–H and O–H groups in total. The van der Waals surface area contributed by atoms with Gasteiger partial charge in [0.1, 0.15) is 0 Å². The molecular formula is C30H48O2. The summed E-state index contributed by atoms with van der Waals surface area (Å²) in [6.07, 6.45) is 14.5. The minimum Gasteiger partial charge on any atom is -0.481 e. The molecule has 180 valence electrons. The van der Waals surface area contributed by atoms with Crippen LogP contribution in [0.1, 0.15) is 113 Å². The Morgan fingerprint density at radius 1 is 0.906 bits per heavy atom. The summed E-state index contributed by atoms with van der Waals surface area (Å²) in [4.78, 5) is 12.8. The SMILES string of the molecule is CC1CCC2(C(=O)O)CCC3(C)C(=CCC4C5(C)CCCC(C)(C)C5CCC43C)C2C1C. The summed E-state index contributed by atoms with van der Waals surface area (Å²) in [5.41, 5.74) is 2.38. The summed E-state index contributed by atoms with van der Waals surface area (Å²) in [5.74, 6) is 2.36. The third-order valence-electron chi connectivity index (χ3n) is 13.2. The summed E-state index contributed by atoms with van der Waals surface area (Å²) >= 11 is 0. The lowest BCUT2D eigenvalue weighted by atomic mass is 9.33. The van der Waals surface area contributed by atoms with Gasteiger partial charge in [-0.15, -0.1) is 0 Å². The normalized spacial score (nSPS) is 54.3. The van der Waals surface area contributed by atoms with Crippen LogP contribution in [0.5, 0.6) is 0 Å². The van der Waals surface area contributed by atoms with Crippen LogP contribution < -0.4 is 0 Å². The summed E-state index contributed by atoms with van der Waals surface area (Å²) < 4.78 is 0. The van der Waals surface area contributed by atoms with Crippen molar-refractivity contribution in [2.24, 2.45) is 56.7 Å². The fraction of sp³-hybridized carbons (Fsp3) is 0.900. The molecule has 0 bridgehead atoms. The summed E-state index contributed by atoms with van der Waals surface area (Å²) in [7, 11) is 0. The monoisotopic (exact) mass is 440 g/mol. The predicted octanol–water partition coefficient (Wildman–Crippen LogP) is 8.12. The Bertz CT molecular complexity index is 840. The number of hydrogen-bond donors (Lipinski definition) is 1. The van der Waals surface area contributed by atoms with Gasteiger partial charge in [-0.25, -0.2) is 0 Å². The highest BCUT2D eigenvalue weighted by Gasteiger charge is 2.68. The topological polar surface area (TPSA) is 37.3 Å². The molecular weight excluding hydrogens is 392 g/mol. The largest absolute Gasteiger partial charge is 0.481 e. The van der Waals surface area contributed by atoms with E-state index in [1.54, 1.807) is 5.57 Å². The van der Waals surface area contributed by atoms with E-state index in [1.807, 2.05) is 0 Å². The standard InChI is InChI=1S/C30H48O2/c1-19-11-16-30(25(31)32)18-17-28(6)21(24(30)20(19)2)9-10-23-27(5)14-8-13-26(3,4)22(27)12-15-29(23,28)7/h9,19-20,22-24H,8,10-18H2,1-7H3,(H,31,32). The zero-order valence-electron chi connectivity index (χ0n) is 21.9. The Labute approximate surface area is 197 Å². The number of rotatable bonds is 1. The van der Waals surface area contributed by atoms with Gasteiger partial charge in [-0.05, 0) is 109 Å². The van der Waals surface area contributed by atoms with Gasteiger partial charge in [0.2, 0.25) is 0 Å². The molecule has 5 rings (SSSR count). The van der Waals surface area contributed by atoms with E-state index in [4.69, 9.17) is 0 Å². The van der Waals surface area contributed by atoms with E-state index < -0.39 is 11.4 Å². The third kappa shape index (κ3) is 2.62. The van der Waals surface area contributed by atoms with Crippen LogP contribution in [0.3, 0.4) is 0 Å². The second kappa shape index (κ2) is 6.88. The number of carboxylic acids is 1. The first-order valence-electron chi connectivity index (χ1n) is 13.8. The van der Waals surface area contributed by atoms with Crippen LogP contribution in [0.4, 0.5) is 0 Å². The maximum Gasteiger partial charge on any atom is 0.310 e. The minimum atomic E-state index is -0.519. The minimum absolute atomic E-state index is 0.153. The Balaban J connectivity index is 1.62. The molecule has 9 unspecified atom stereocenters. The van der Waals surface area contributed by atoms with Gasteiger partial charge in [-0.1, -0.05) is 66.5 Å². The quantitative estimate of drug-likeness (QED) is 0.418. The van der Waals surface area contributed by atoms with Gasteiger partial charge in [-0.3, -0.25) is 4.79 Å². The second-order valence-electron chi connectivity index (χ2n) is 14.5. The van der Waals surface area contributed by atoms with Gasteiger partial charge in [0.15, 0.2) is 0 Å². The van der Waals surface area contributed by atoms with E-state index in [1.165, 1.54) is 38.5 Å². The molecule has 32 heavy (non-hydrogen) atoms. The van der Waals surface area contributed by atoms with Crippen molar-refractivity contribution in [3.8, 4) is 0 Å². The highest BCUT2D eigenvalue weighted by atomic mass is 16.4. The summed E-state index contributed by atoms with van der Waals surface area (Å²) in [5, 5.41) is 10.5. The van der Waals surface area contributed by atoms with Crippen molar-refractivity contribution in [2.45, 2.75) is 113 Å². The average Bonchev–Trinajstić information content (AvgIpc) is 2.70. The van der Waals surface area contributed by atoms with Crippen LogP contribution in [0.25, 0.3) is 0 Å². The van der Waals surface area contributed by atoms with Gasteiger partial charge in [0, 0.05) is 0 Å². The van der Waals surface area contributed by atoms with Crippen LogP contribution in [0.15, 0.2) is 11.6 Å². The molecule has 0 aromatic heterocycles. The van der Waals surface area contributed by atoms with Crippen molar-refractivity contribution in [2.75, 3.05) is 0 Å². The average molecular weight is 441 g/mol. The Hall–Kier alpha value is -0.790. The van der Waals surface area contributed by atoms with Crippen molar-refractivity contribution >= 4 is 5.97 Å². The molecule has 2 nitrogen and oxygen atoms in total. The fourth-order valence-electron chi connectivity index (χ4n) is 11.0. The van der Waals surface area contributed by atoms with Gasteiger partial charge >= 0.3 is 5.97 Å². The molecule has 5 aliphatic carbocycles. The maximum absolute atomic E-state index is 12.8. The molecule has 0 radical (unpaired) electrons. The highest BCUT2D eigenvalue weighted by molar-refractivity contribution is 5.76. The Kier molecular flexibility index (Phi) is 4.94. The molecule has 4 fully saturated rings. The number of allylic oxidation sites excluding steroid dienone is 2. The lowest BCUT2D eigenvalue weighted by molar-refractivity contribution is -0.189. The molecule has 0 aliphatic heterocycles. The molecule has 0 aromatic carbocycles. The predicted molar refractivity (Wildman–Crippen MR) is 131 cm³/mol. The zero-order valence-corrected chi connectivity index (χ0v) is 21.9. The third-order valence-corrected chi connectivity index (χ3v) is 13.2. The van der Waals surface area contributed by atoms with Crippen LogP contribution >= 0.6 is 0 Å². The van der Waals surface area contributed by atoms with Crippen molar-refractivity contribution < 1.29 is 9.90 Å². The van der Waals surface area contributed by atoms with E-state index in [0.717, 1.165) is 37.5 Å². The number of carboxylic acid groups (broad SMARTS) is 1. The van der Waals surface area contributed by atoms with Crippen LogP contribution in [-0.4, -0.2) is 11.1 Å². The summed E-state index contributed by atoms with van der Waals surface area (Å²) in [6.45, 7) is 17.7. The van der Waals surface area contributed by atoms with Gasteiger partial charge in [-0.2, -0.15) is 0 Å².